The van der Waals surface area contributed by atoms with Crippen LogP contribution in [0.5, 0.6) is 23.0 Å². The van der Waals surface area contributed by atoms with Crippen LogP contribution in [-0.2, 0) is 0 Å². The standard InChI is InChI=1S/C28H30O6/c1-15(2)8-10-18-20(31-6)14-23-24(27(18)32-7)26(29)25-22(12-16(3)4)33-21-13-17(30-5)9-11-19(21)28(25)34-23/h8-15,22H,1-7H3/t22-/m1/s1. The van der Waals surface area contributed by atoms with E-state index in [2.05, 4.69) is 13.8 Å². The van der Waals surface area contributed by atoms with Crippen LogP contribution >= 0.6 is 0 Å². The number of hydrogen-bond acceptors (Lipinski definition) is 6. The van der Waals surface area contributed by atoms with E-state index in [4.69, 9.17) is 23.4 Å². The number of rotatable bonds is 6. The molecule has 1 atom stereocenters. The van der Waals surface area contributed by atoms with Crippen molar-refractivity contribution in [2.24, 2.45) is 5.92 Å². The van der Waals surface area contributed by atoms with Crippen molar-refractivity contribution < 1.29 is 23.4 Å². The summed E-state index contributed by atoms with van der Waals surface area (Å²) in [7, 11) is 4.74. The summed E-state index contributed by atoms with van der Waals surface area (Å²) >= 11 is 0. The van der Waals surface area contributed by atoms with E-state index in [1.54, 1.807) is 33.5 Å². The molecule has 0 N–H and O–H groups in total. The fourth-order valence-corrected chi connectivity index (χ4v) is 4.14. The third-order valence-electron chi connectivity index (χ3n) is 5.70. The molecule has 0 spiro atoms. The Labute approximate surface area is 199 Å². The van der Waals surface area contributed by atoms with Gasteiger partial charge < -0.3 is 23.4 Å². The van der Waals surface area contributed by atoms with Crippen molar-refractivity contribution in [3.8, 4) is 34.3 Å². The Morgan fingerprint density at radius 2 is 1.82 bits per heavy atom. The topological polar surface area (TPSA) is 67.1 Å². The van der Waals surface area contributed by atoms with Crippen molar-refractivity contribution in [2.75, 3.05) is 21.3 Å². The van der Waals surface area contributed by atoms with Crippen LogP contribution in [0, 0.1) is 5.92 Å². The van der Waals surface area contributed by atoms with Crippen molar-refractivity contribution in [3.05, 3.63) is 63.3 Å². The van der Waals surface area contributed by atoms with Crippen LogP contribution in [0.15, 0.2) is 51.2 Å². The first-order valence-corrected chi connectivity index (χ1v) is 11.2. The monoisotopic (exact) mass is 462 g/mol. The highest BCUT2D eigenvalue weighted by atomic mass is 16.5. The minimum Gasteiger partial charge on any atom is -0.497 e. The van der Waals surface area contributed by atoms with Gasteiger partial charge in [-0.3, -0.25) is 4.79 Å². The smallest absolute Gasteiger partial charge is 0.204 e. The van der Waals surface area contributed by atoms with Crippen molar-refractivity contribution in [1.82, 2.24) is 0 Å². The first-order chi connectivity index (χ1) is 16.3. The lowest BCUT2D eigenvalue weighted by Gasteiger charge is -2.27. The van der Waals surface area contributed by atoms with Crippen LogP contribution in [-0.4, -0.2) is 21.3 Å². The van der Waals surface area contributed by atoms with Gasteiger partial charge in [-0.05, 0) is 38.0 Å². The van der Waals surface area contributed by atoms with Gasteiger partial charge in [0.15, 0.2) is 0 Å². The van der Waals surface area contributed by atoms with Gasteiger partial charge in [-0.15, -0.1) is 0 Å². The van der Waals surface area contributed by atoms with E-state index < -0.39 is 6.10 Å². The molecular weight excluding hydrogens is 432 g/mol. The molecule has 0 amide bonds. The minimum atomic E-state index is -0.610. The van der Waals surface area contributed by atoms with Crippen LogP contribution in [0.2, 0.25) is 0 Å². The summed E-state index contributed by atoms with van der Waals surface area (Å²) in [5, 5.41) is 0.359. The predicted octanol–water partition coefficient (Wildman–Crippen LogP) is 6.55. The van der Waals surface area contributed by atoms with Gasteiger partial charge in [-0.1, -0.05) is 31.6 Å². The minimum absolute atomic E-state index is 0.195. The third-order valence-corrected chi connectivity index (χ3v) is 5.70. The Hall–Kier alpha value is -3.67. The predicted molar refractivity (Wildman–Crippen MR) is 134 cm³/mol. The molecule has 2 aromatic carbocycles. The van der Waals surface area contributed by atoms with E-state index in [1.807, 2.05) is 44.2 Å². The quantitative estimate of drug-likeness (QED) is 0.387. The summed E-state index contributed by atoms with van der Waals surface area (Å²) in [4.78, 5) is 14.0. The molecule has 1 aliphatic heterocycles. The maximum Gasteiger partial charge on any atom is 0.204 e. The molecule has 1 aliphatic rings. The normalized spacial score (nSPS) is 14.5. The SMILES string of the molecule is COc1ccc2c(c1)O[C@H](C=C(C)C)c1c-2oc2cc(OC)c(C=CC(C)C)c(OC)c2c1=O. The van der Waals surface area contributed by atoms with Crippen molar-refractivity contribution in [1.29, 1.82) is 0 Å². The molecule has 4 rings (SSSR count). The molecular formula is C28H30O6. The molecule has 6 nitrogen and oxygen atoms in total. The fraction of sp³-hybridized carbons (Fsp3) is 0.321. The Morgan fingerprint density at radius 1 is 1.06 bits per heavy atom. The largest absolute Gasteiger partial charge is 0.497 e. The molecule has 0 fully saturated rings. The molecule has 178 valence electrons. The highest BCUT2D eigenvalue weighted by Crippen LogP contribution is 2.46. The Morgan fingerprint density at radius 3 is 2.44 bits per heavy atom. The van der Waals surface area contributed by atoms with Crippen LogP contribution in [0.4, 0.5) is 0 Å². The lowest BCUT2D eigenvalue weighted by atomic mass is 9.94. The molecule has 6 heteroatoms. The average Bonchev–Trinajstić information content (AvgIpc) is 2.80. The lowest BCUT2D eigenvalue weighted by Crippen LogP contribution is -2.22. The summed E-state index contributed by atoms with van der Waals surface area (Å²) in [5.41, 5.74) is 3.03. The zero-order chi connectivity index (χ0) is 24.6. The molecule has 0 saturated heterocycles. The molecule has 2 heterocycles. The van der Waals surface area contributed by atoms with Crippen LogP contribution in [0.25, 0.3) is 28.4 Å². The van der Waals surface area contributed by atoms with Gasteiger partial charge in [-0.25, -0.2) is 0 Å². The first kappa shape index (κ1) is 23.5. The fourth-order valence-electron chi connectivity index (χ4n) is 4.14. The average molecular weight is 463 g/mol. The highest BCUT2D eigenvalue weighted by molar-refractivity contribution is 5.93. The van der Waals surface area contributed by atoms with Gasteiger partial charge in [0.1, 0.15) is 45.8 Å². The van der Waals surface area contributed by atoms with Crippen molar-refractivity contribution >= 4 is 17.0 Å². The van der Waals surface area contributed by atoms with E-state index in [-0.39, 0.29) is 5.43 Å². The summed E-state index contributed by atoms with van der Waals surface area (Å²) in [6, 6.07) is 7.20. The van der Waals surface area contributed by atoms with E-state index in [0.29, 0.717) is 62.3 Å². The second-order valence-electron chi connectivity index (χ2n) is 8.82. The van der Waals surface area contributed by atoms with E-state index in [9.17, 15) is 4.79 Å². The number of ether oxygens (including phenoxy) is 4. The Bertz CT molecular complexity index is 1360. The number of methoxy groups -OCH3 is 3. The summed E-state index contributed by atoms with van der Waals surface area (Å²) < 4.78 is 29.4. The van der Waals surface area contributed by atoms with Gasteiger partial charge in [0.05, 0.1) is 38.0 Å². The van der Waals surface area contributed by atoms with Gasteiger partial charge in [-0.2, -0.15) is 0 Å². The molecule has 0 saturated carbocycles. The maximum atomic E-state index is 14.0. The molecule has 0 radical (unpaired) electrons. The Balaban J connectivity index is 2.11. The summed E-state index contributed by atoms with van der Waals surface area (Å²) in [6.07, 6.45) is 5.26. The van der Waals surface area contributed by atoms with Gasteiger partial charge in [0.2, 0.25) is 5.43 Å². The molecule has 34 heavy (non-hydrogen) atoms. The number of allylic oxidation sites excluding steroid dienone is 2. The number of fused-ring (bicyclic) bond motifs is 4. The molecule has 0 unspecified atom stereocenters. The molecule has 1 aromatic heterocycles. The van der Waals surface area contributed by atoms with Crippen LogP contribution in [0.3, 0.4) is 0 Å². The second-order valence-corrected chi connectivity index (χ2v) is 8.82. The molecule has 3 aromatic rings. The zero-order valence-electron chi connectivity index (χ0n) is 20.6. The molecule has 0 aliphatic carbocycles. The maximum absolute atomic E-state index is 14.0. The zero-order valence-corrected chi connectivity index (χ0v) is 20.6. The lowest BCUT2D eigenvalue weighted by molar-refractivity contribution is 0.243. The van der Waals surface area contributed by atoms with Crippen LogP contribution in [0.1, 0.15) is 44.9 Å². The highest BCUT2D eigenvalue weighted by Gasteiger charge is 2.33. The van der Waals surface area contributed by atoms with Gasteiger partial charge in [0, 0.05) is 12.1 Å². The van der Waals surface area contributed by atoms with E-state index in [0.717, 1.165) is 5.57 Å². The van der Waals surface area contributed by atoms with Gasteiger partial charge >= 0.3 is 0 Å². The summed E-state index contributed by atoms with van der Waals surface area (Å²) in [6.45, 7) is 8.09. The van der Waals surface area contributed by atoms with Crippen LogP contribution < -0.4 is 24.4 Å². The second kappa shape index (κ2) is 9.29. The summed E-state index contributed by atoms with van der Waals surface area (Å²) in [5.74, 6) is 3.01. The molecule has 0 bridgehead atoms. The van der Waals surface area contributed by atoms with Crippen molar-refractivity contribution in [2.45, 2.75) is 33.8 Å². The van der Waals surface area contributed by atoms with E-state index >= 15 is 0 Å². The first-order valence-electron chi connectivity index (χ1n) is 11.2. The number of benzene rings is 2. The van der Waals surface area contributed by atoms with Crippen molar-refractivity contribution in [3.63, 3.8) is 0 Å². The van der Waals surface area contributed by atoms with Gasteiger partial charge in [0.25, 0.3) is 0 Å². The third kappa shape index (κ3) is 4.04. The Kier molecular flexibility index (Phi) is 6.42. The van der Waals surface area contributed by atoms with E-state index in [1.165, 1.54) is 0 Å². The number of hydrogen-bond donors (Lipinski definition) is 0.